The molecule has 2 N–H and O–H groups in total. The van der Waals surface area contributed by atoms with Crippen LogP contribution in [0.4, 0.5) is 5.69 Å². The Balaban J connectivity index is 1.39. The molecule has 4 rings (SSSR count). The van der Waals surface area contributed by atoms with Crippen LogP contribution in [0.25, 0.3) is 0 Å². The van der Waals surface area contributed by atoms with Crippen LogP contribution in [0.1, 0.15) is 12.8 Å². The number of benzene rings is 1. The average Bonchev–Trinajstić information content (AvgIpc) is 2.45. The Morgan fingerprint density at radius 2 is 2.05 bits per heavy atom. The number of halogens is 1. The normalized spacial score (nSPS) is 29.4. The molecule has 0 saturated carbocycles. The minimum absolute atomic E-state index is 0.715. The lowest BCUT2D eigenvalue weighted by Gasteiger charge is -2.45. The first-order valence-corrected chi connectivity index (χ1v) is 8.06. The van der Waals surface area contributed by atoms with E-state index in [2.05, 4.69) is 55.7 Å². The number of fused-ring (bicyclic) bond motifs is 3. The number of nitrogens with zero attached hydrogens (tertiary/aromatic N) is 1. The van der Waals surface area contributed by atoms with E-state index in [0.29, 0.717) is 6.04 Å². The molecule has 0 spiro atoms. The number of hydrogen-bond donors (Lipinski definition) is 2. The van der Waals surface area contributed by atoms with E-state index >= 15 is 0 Å². The molecule has 0 unspecified atom stereocenters. The van der Waals surface area contributed by atoms with Gasteiger partial charge in [0, 0.05) is 35.8 Å². The number of anilines is 1. The molecule has 3 saturated heterocycles. The van der Waals surface area contributed by atoms with Crippen LogP contribution in [-0.2, 0) is 0 Å². The van der Waals surface area contributed by atoms with Gasteiger partial charge in [-0.05, 0) is 50.0 Å². The van der Waals surface area contributed by atoms with Gasteiger partial charge in [0.15, 0.2) is 0 Å². The molecule has 2 bridgehead atoms. The zero-order valence-electron chi connectivity index (χ0n) is 11.2. The Labute approximate surface area is 123 Å². The molecular formula is C15H22BrN3. The fourth-order valence-electron chi connectivity index (χ4n) is 3.26. The van der Waals surface area contributed by atoms with Crippen LogP contribution in [-0.4, -0.2) is 43.7 Å². The van der Waals surface area contributed by atoms with Crippen LogP contribution in [0.5, 0.6) is 0 Å². The highest BCUT2D eigenvalue weighted by Gasteiger charge is 2.33. The molecule has 0 amide bonds. The van der Waals surface area contributed by atoms with Crippen LogP contribution in [0.15, 0.2) is 28.7 Å². The van der Waals surface area contributed by atoms with Crippen molar-refractivity contribution >= 4 is 21.6 Å². The second kappa shape index (κ2) is 6.25. The summed E-state index contributed by atoms with van der Waals surface area (Å²) in [6.45, 7) is 5.92. The number of piperidine rings is 3. The number of nitrogens with one attached hydrogen (secondary N) is 2. The molecule has 0 aromatic heterocycles. The molecule has 19 heavy (non-hydrogen) atoms. The van der Waals surface area contributed by atoms with Crippen LogP contribution in [0.2, 0.25) is 0 Å². The van der Waals surface area contributed by atoms with E-state index in [1.807, 2.05) is 0 Å². The highest BCUT2D eigenvalue weighted by atomic mass is 79.9. The smallest absolute Gasteiger partial charge is 0.0351 e. The minimum atomic E-state index is 0.715. The van der Waals surface area contributed by atoms with Crippen LogP contribution in [0, 0.1) is 5.92 Å². The maximum atomic E-state index is 3.72. The Kier molecular flexibility index (Phi) is 4.41. The van der Waals surface area contributed by atoms with Crippen molar-refractivity contribution in [2.45, 2.75) is 18.9 Å². The van der Waals surface area contributed by atoms with E-state index in [9.17, 15) is 0 Å². The molecular weight excluding hydrogens is 302 g/mol. The second-order valence-electron chi connectivity index (χ2n) is 5.64. The molecule has 3 heterocycles. The highest BCUT2D eigenvalue weighted by Crippen LogP contribution is 2.27. The number of hydrogen-bond acceptors (Lipinski definition) is 3. The molecule has 3 fully saturated rings. The average molecular weight is 324 g/mol. The maximum Gasteiger partial charge on any atom is 0.0351 e. The molecule has 1 aromatic rings. The maximum absolute atomic E-state index is 3.72. The van der Waals surface area contributed by atoms with Crippen molar-refractivity contribution in [3.05, 3.63) is 28.7 Å². The fraction of sp³-hybridized carbons (Fsp3) is 0.600. The van der Waals surface area contributed by atoms with Crippen molar-refractivity contribution < 1.29 is 0 Å². The predicted molar refractivity (Wildman–Crippen MR) is 83.6 cm³/mol. The Morgan fingerprint density at radius 3 is 2.74 bits per heavy atom. The van der Waals surface area contributed by atoms with E-state index in [1.54, 1.807) is 0 Å². The molecule has 1 aromatic carbocycles. The first-order chi connectivity index (χ1) is 9.31. The lowest BCUT2D eigenvalue weighted by Crippen LogP contribution is -2.56. The minimum Gasteiger partial charge on any atom is -0.384 e. The first kappa shape index (κ1) is 13.4. The van der Waals surface area contributed by atoms with E-state index in [1.165, 1.54) is 38.2 Å². The van der Waals surface area contributed by atoms with E-state index < -0.39 is 0 Å². The van der Waals surface area contributed by atoms with Gasteiger partial charge in [-0.15, -0.1) is 0 Å². The second-order valence-corrected chi connectivity index (χ2v) is 6.55. The standard InChI is InChI=1S/C15H22BrN3/c16-13-2-1-3-14(10-13)17-6-7-18-15-11-19-8-4-12(15)5-9-19/h1-3,10,12,15,17-18H,4-9,11H2/t15-/m1/s1. The van der Waals surface area contributed by atoms with Crippen LogP contribution >= 0.6 is 15.9 Å². The van der Waals surface area contributed by atoms with Crippen molar-refractivity contribution in [1.82, 2.24) is 10.2 Å². The highest BCUT2D eigenvalue weighted by molar-refractivity contribution is 9.10. The van der Waals surface area contributed by atoms with Gasteiger partial charge >= 0.3 is 0 Å². The molecule has 1 atom stereocenters. The van der Waals surface area contributed by atoms with E-state index in [0.717, 1.165) is 23.5 Å². The molecule has 3 nitrogen and oxygen atoms in total. The fourth-order valence-corrected chi connectivity index (χ4v) is 3.66. The third-order valence-corrected chi connectivity index (χ3v) is 4.83. The van der Waals surface area contributed by atoms with Gasteiger partial charge < -0.3 is 15.5 Å². The SMILES string of the molecule is Brc1cccc(NCCN[C@@H]2CN3CCC2CC3)c1. The summed E-state index contributed by atoms with van der Waals surface area (Å²) in [7, 11) is 0. The molecule has 3 aliphatic heterocycles. The Hall–Kier alpha value is -0.580. The van der Waals surface area contributed by atoms with Crippen molar-refractivity contribution in [1.29, 1.82) is 0 Å². The zero-order chi connectivity index (χ0) is 13.1. The molecule has 0 aliphatic carbocycles. The van der Waals surface area contributed by atoms with Gasteiger partial charge in [-0.25, -0.2) is 0 Å². The summed E-state index contributed by atoms with van der Waals surface area (Å²) in [5.74, 6) is 0.913. The van der Waals surface area contributed by atoms with Crippen LogP contribution in [0.3, 0.4) is 0 Å². The summed E-state index contributed by atoms with van der Waals surface area (Å²) in [5.41, 5.74) is 1.19. The van der Waals surface area contributed by atoms with Gasteiger partial charge in [0.1, 0.15) is 0 Å². The van der Waals surface area contributed by atoms with Gasteiger partial charge in [-0.3, -0.25) is 0 Å². The van der Waals surface area contributed by atoms with Crippen molar-refractivity contribution in [3.63, 3.8) is 0 Å². The Morgan fingerprint density at radius 1 is 1.21 bits per heavy atom. The third-order valence-electron chi connectivity index (χ3n) is 4.34. The van der Waals surface area contributed by atoms with Gasteiger partial charge in [-0.1, -0.05) is 22.0 Å². The summed E-state index contributed by atoms with van der Waals surface area (Å²) in [4.78, 5) is 2.60. The van der Waals surface area contributed by atoms with Crippen molar-refractivity contribution in [3.8, 4) is 0 Å². The largest absolute Gasteiger partial charge is 0.384 e. The summed E-state index contributed by atoms with van der Waals surface area (Å²) < 4.78 is 1.13. The van der Waals surface area contributed by atoms with Crippen molar-refractivity contribution in [2.75, 3.05) is 38.0 Å². The summed E-state index contributed by atoms with van der Waals surface area (Å²) in [5, 5.41) is 7.19. The predicted octanol–water partition coefficient (Wildman–Crippen LogP) is 2.54. The lowest BCUT2D eigenvalue weighted by atomic mass is 9.84. The topological polar surface area (TPSA) is 27.3 Å². The summed E-state index contributed by atoms with van der Waals surface area (Å²) in [6.07, 6.45) is 2.77. The van der Waals surface area contributed by atoms with E-state index in [4.69, 9.17) is 0 Å². The third kappa shape index (κ3) is 3.50. The number of rotatable bonds is 5. The van der Waals surface area contributed by atoms with Crippen molar-refractivity contribution in [2.24, 2.45) is 5.92 Å². The molecule has 4 heteroatoms. The van der Waals surface area contributed by atoms with Gasteiger partial charge in [0.2, 0.25) is 0 Å². The molecule has 3 aliphatic rings. The van der Waals surface area contributed by atoms with Crippen LogP contribution < -0.4 is 10.6 Å². The van der Waals surface area contributed by atoms with Gasteiger partial charge in [0.05, 0.1) is 0 Å². The van der Waals surface area contributed by atoms with Gasteiger partial charge in [-0.2, -0.15) is 0 Å². The molecule has 104 valence electrons. The molecule has 0 radical (unpaired) electrons. The first-order valence-electron chi connectivity index (χ1n) is 7.26. The monoisotopic (exact) mass is 323 g/mol. The van der Waals surface area contributed by atoms with Gasteiger partial charge in [0.25, 0.3) is 0 Å². The van der Waals surface area contributed by atoms with E-state index in [-0.39, 0.29) is 0 Å². The quantitative estimate of drug-likeness (QED) is 0.815. The Bertz CT molecular complexity index is 416. The zero-order valence-corrected chi connectivity index (χ0v) is 12.8. The summed E-state index contributed by atoms with van der Waals surface area (Å²) >= 11 is 3.49. The summed E-state index contributed by atoms with van der Waals surface area (Å²) in [6, 6.07) is 9.06. The lowest BCUT2D eigenvalue weighted by molar-refractivity contribution is 0.0735.